The fourth-order valence-electron chi connectivity index (χ4n) is 2.86. The number of hydrogen-bond acceptors (Lipinski definition) is 3. The second-order valence-corrected chi connectivity index (χ2v) is 5.91. The van der Waals surface area contributed by atoms with Gasteiger partial charge in [-0.3, -0.25) is 9.59 Å². The van der Waals surface area contributed by atoms with E-state index in [2.05, 4.69) is 10.2 Å². The number of halogens is 1. The normalized spacial score (nSPS) is 14.3. The third-order valence-electron chi connectivity index (χ3n) is 4.21. The summed E-state index contributed by atoms with van der Waals surface area (Å²) >= 11 is 0. The van der Waals surface area contributed by atoms with Crippen LogP contribution in [0, 0.1) is 5.82 Å². The van der Waals surface area contributed by atoms with Gasteiger partial charge in [-0.2, -0.15) is 0 Å². The van der Waals surface area contributed by atoms with E-state index < -0.39 is 11.7 Å². The Balaban J connectivity index is 1.49. The Kier molecular flexibility index (Phi) is 5.28. The predicted molar refractivity (Wildman–Crippen MR) is 94.9 cm³/mol. The van der Waals surface area contributed by atoms with Crippen LogP contribution in [0.2, 0.25) is 0 Å². The van der Waals surface area contributed by atoms with Crippen molar-refractivity contribution in [3.05, 3.63) is 60.4 Å². The third-order valence-corrected chi connectivity index (χ3v) is 4.21. The number of piperazine rings is 1. The van der Waals surface area contributed by atoms with Crippen LogP contribution >= 0.6 is 0 Å². The van der Waals surface area contributed by atoms with Crippen LogP contribution in [0.1, 0.15) is 6.42 Å². The van der Waals surface area contributed by atoms with Crippen molar-refractivity contribution in [2.45, 2.75) is 6.42 Å². The summed E-state index contributed by atoms with van der Waals surface area (Å²) in [6, 6.07) is 15.9. The number of amides is 2. The van der Waals surface area contributed by atoms with Gasteiger partial charge in [0.15, 0.2) is 0 Å². The molecule has 1 fully saturated rings. The zero-order valence-electron chi connectivity index (χ0n) is 13.8. The summed E-state index contributed by atoms with van der Waals surface area (Å²) in [5.74, 6) is -1.25. The fraction of sp³-hybridized carbons (Fsp3) is 0.263. The minimum Gasteiger partial charge on any atom is -0.368 e. The van der Waals surface area contributed by atoms with Crippen LogP contribution in [-0.2, 0) is 9.59 Å². The minimum atomic E-state index is -0.514. The Morgan fingerprint density at radius 3 is 2.24 bits per heavy atom. The van der Waals surface area contributed by atoms with Crippen molar-refractivity contribution in [1.82, 2.24) is 4.90 Å². The lowest BCUT2D eigenvalue weighted by Gasteiger charge is -2.36. The highest BCUT2D eigenvalue weighted by Gasteiger charge is 2.23. The lowest BCUT2D eigenvalue weighted by molar-refractivity contribution is -0.134. The highest BCUT2D eigenvalue weighted by Crippen LogP contribution is 2.16. The summed E-state index contributed by atoms with van der Waals surface area (Å²) in [7, 11) is 0. The topological polar surface area (TPSA) is 52.7 Å². The molecular formula is C19H20FN3O2. The maximum absolute atomic E-state index is 13.5. The molecule has 2 aromatic carbocycles. The maximum atomic E-state index is 13.5. The first-order valence-electron chi connectivity index (χ1n) is 8.25. The molecule has 5 nitrogen and oxygen atoms in total. The number of rotatable bonds is 4. The quantitative estimate of drug-likeness (QED) is 0.870. The molecule has 0 aliphatic carbocycles. The number of anilines is 2. The number of para-hydroxylation sites is 2. The first-order chi connectivity index (χ1) is 12.1. The summed E-state index contributed by atoms with van der Waals surface area (Å²) in [5.41, 5.74) is 1.22. The molecular weight excluding hydrogens is 321 g/mol. The molecule has 1 heterocycles. The first-order valence-corrected chi connectivity index (χ1v) is 8.25. The number of carbonyl (C=O) groups is 2. The van der Waals surface area contributed by atoms with Gasteiger partial charge < -0.3 is 15.1 Å². The fourth-order valence-corrected chi connectivity index (χ4v) is 2.86. The lowest BCUT2D eigenvalue weighted by Crippen LogP contribution is -2.49. The summed E-state index contributed by atoms with van der Waals surface area (Å²) in [4.78, 5) is 28.1. The highest BCUT2D eigenvalue weighted by atomic mass is 19.1. The number of nitrogens with one attached hydrogen (secondary N) is 1. The van der Waals surface area contributed by atoms with Crippen molar-refractivity contribution in [2.75, 3.05) is 36.4 Å². The van der Waals surface area contributed by atoms with Gasteiger partial charge in [-0.25, -0.2) is 4.39 Å². The van der Waals surface area contributed by atoms with E-state index in [1.54, 1.807) is 17.0 Å². The van der Waals surface area contributed by atoms with Gasteiger partial charge in [0.05, 0.1) is 5.69 Å². The Bertz CT molecular complexity index is 743. The SMILES string of the molecule is O=C(CC(=O)N1CCN(c2ccccc2)CC1)Nc1ccccc1F. The van der Waals surface area contributed by atoms with Crippen LogP contribution in [0.5, 0.6) is 0 Å². The van der Waals surface area contributed by atoms with E-state index in [9.17, 15) is 14.0 Å². The predicted octanol–water partition coefficient (Wildman–Crippen LogP) is 2.50. The summed E-state index contributed by atoms with van der Waals surface area (Å²) in [6.45, 7) is 2.59. The van der Waals surface area contributed by atoms with Gasteiger partial charge in [0.1, 0.15) is 12.2 Å². The largest absolute Gasteiger partial charge is 0.368 e. The number of hydrogen-bond donors (Lipinski definition) is 1. The molecule has 2 aromatic rings. The van der Waals surface area contributed by atoms with Crippen LogP contribution in [0.4, 0.5) is 15.8 Å². The molecule has 2 amide bonds. The molecule has 0 saturated carbocycles. The summed E-state index contributed by atoms with van der Waals surface area (Å²) < 4.78 is 13.5. The van der Waals surface area contributed by atoms with Gasteiger partial charge in [0.2, 0.25) is 11.8 Å². The molecule has 1 aliphatic heterocycles. The molecule has 0 aromatic heterocycles. The van der Waals surface area contributed by atoms with Crippen molar-refractivity contribution >= 4 is 23.2 Å². The van der Waals surface area contributed by atoms with Gasteiger partial charge >= 0.3 is 0 Å². The van der Waals surface area contributed by atoms with Crippen LogP contribution in [0.25, 0.3) is 0 Å². The van der Waals surface area contributed by atoms with E-state index in [1.165, 1.54) is 12.1 Å². The molecule has 6 heteroatoms. The van der Waals surface area contributed by atoms with E-state index in [4.69, 9.17) is 0 Å². The molecule has 1 aliphatic rings. The van der Waals surface area contributed by atoms with Crippen molar-refractivity contribution in [3.8, 4) is 0 Å². The van der Waals surface area contributed by atoms with E-state index in [0.717, 1.165) is 18.8 Å². The van der Waals surface area contributed by atoms with Crippen LogP contribution in [-0.4, -0.2) is 42.9 Å². The van der Waals surface area contributed by atoms with E-state index in [1.807, 2.05) is 30.3 Å². The molecule has 25 heavy (non-hydrogen) atoms. The van der Waals surface area contributed by atoms with Gasteiger partial charge in [-0.05, 0) is 24.3 Å². The molecule has 0 atom stereocenters. The Labute approximate surface area is 146 Å². The van der Waals surface area contributed by atoms with Crippen molar-refractivity contribution < 1.29 is 14.0 Å². The molecule has 130 valence electrons. The van der Waals surface area contributed by atoms with Gasteiger partial charge in [0, 0.05) is 31.9 Å². The first kappa shape index (κ1) is 17.0. The molecule has 1 N–H and O–H groups in total. The highest BCUT2D eigenvalue weighted by molar-refractivity contribution is 6.03. The number of carbonyl (C=O) groups excluding carboxylic acids is 2. The van der Waals surface area contributed by atoms with Crippen molar-refractivity contribution in [3.63, 3.8) is 0 Å². The smallest absolute Gasteiger partial charge is 0.233 e. The van der Waals surface area contributed by atoms with Gasteiger partial charge in [-0.15, -0.1) is 0 Å². The summed E-state index contributed by atoms with van der Waals surface area (Å²) in [6.07, 6.45) is -0.278. The van der Waals surface area contributed by atoms with E-state index in [-0.39, 0.29) is 18.0 Å². The molecule has 1 saturated heterocycles. The molecule has 0 unspecified atom stereocenters. The van der Waals surface area contributed by atoms with Crippen LogP contribution in [0.15, 0.2) is 54.6 Å². The Morgan fingerprint density at radius 2 is 1.56 bits per heavy atom. The van der Waals surface area contributed by atoms with E-state index >= 15 is 0 Å². The molecule has 0 radical (unpaired) electrons. The van der Waals surface area contributed by atoms with Crippen LogP contribution in [0.3, 0.4) is 0 Å². The average molecular weight is 341 g/mol. The summed E-state index contributed by atoms with van der Waals surface area (Å²) in [5, 5.41) is 2.44. The van der Waals surface area contributed by atoms with Gasteiger partial charge in [-0.1, -0.05) is 30.3 Å². The van der Waals surface area contributed by atoms with Gasteiger partial charge in [0.25, 0.3) is 0 Å². The lowest BCUT2D eigenvalue weighted by atomic mass is 10.2. The maximum Gasteiger partial charge on any atom is 0.233 e. The number of nitrogens with zero attached hydrogens (tertiary/aromatic N) is 2. The Morgan fingerprint density at radius 1 is 0.920 bits per heavy atom. The average Bonchev–Trinajstić information content (AvgIpc) is 2.64. The Hall–Kier alpha value is -2.89. The number of benzene rings is 2. The van der Waals surface area contributed by atoms with Crippen molar-refractivity contribution in [2.24, 2.45) is 0 Å². The standard InChI is InChI=1S/C19H20FN3O2/c20-16-8-4-5-9-17(16)21-18(24)14-19(25)23-12-10-22(11-13-23)15-6-2-1-3-7-15/h1-9H,10-14H2,(H,21,24). The minimum absolute atomic E-state index is 0.0918. The molecule has 0 spiro atoms. The van der Waals surface area contributed by atoms with Crippen LogP contribution < -0.4 is 10.2 Å². The molecule has 0 bridgehead atoms. The second kappa shape index (κ2) is 7.79. The zero-order chi connectivity index (χ0) is 17.6. The monoisotopic (exact) mass is 341 g/mol. The third kappa shape index (κ3) is 4.35. The van der Waals surface area contributed by atoms with E-state index in [0.29, 0.717) is 13.1 Å². The zero-order valence-corrected chi connectivity index (χ0v) is 13.8. The van der Waals surface area contributed by atoms with Crippen molar-refractivity contribution in [1.29, 1.82) is 0 Å². The second-order valence-electron chi connectivity index (χ2n) is 5.91. The molecule has 3 rings (SSSR count).